The summed E-state index contributed by atoms with van der Waals surface area (Å²) in [4.78, 5) is 27.6. The minimum Gasteiger partial charge on any atom is -0.338 e. The Hall–Kier alpha value is -3.05. The number of carbonyl (C=O) groups is 2. The molecule has 2 aromatic rings. The summed E-state index contributed by atoms with van der Waals surface area (Å²) in [6.45, 7) is 0.362. The van der Waals surface area contributed by atoms with Crippen molar-refractivity contribution in [2.24, 2.45) is 0 Å². The van der Waals surface area contributed by atoms with Gasteiger partial charge in [-0.05, 0) is 30.4 Å². The molecule has 34 heavy (non-hydrogen) atoms. The first-order valence-electron chi connectivity index (χ1n) is 10.8. The number of nitrogens with zero attached hydrogens (tertiary/aromatic N) is 3. The van der Waals surface area contributed by atoms with Gasteiger partial charge in [-0.15, -0.1) is 0 Å². The Kier molecular flexibility index (Phi) is 6.34. The lowest BCUT2D eigenvalue weighted by Crippen LogP contribution is -2.41. The number of fused-ring (bicyclic) bond motifs is 1. The fourth-order valence-corrected chi connectivity index (χ4v) is 4.62. The molecular formula is C22H22F6N4O2. The largest absolute Gasteiger partial charge is 0.416 e. The zero-order valence-corrected chi connectivity index (χ0v) is 18.0. The van der Waals surface area contributed by atoms with Crippen molar-refractivity contribution in [3.63, 3.8) is 0 Å². The summed E-state index contributed by atoms with van der Waals surface area (Å²) in [6.07, 6.45) is -9.75. The molecule has 1 saturated heterocycles. The van der Waals surface area contributed by atoms with Crippen LogP contribution in [0.25, 0.3) is 0 Å². The number of benzene rings is 1. The third-order valence-electron chi connectivity index (χ3n) is 6.33. The minimum atomic E-state index is -4.62. The van der Waals surface area contributed by atoms with E-state index in [4.69, 9.17) is 0 Å². The number of aromatic nitrogens is 2. The van der Waals surface area contributed by atoms with Crippen LogP contribution < -0.4 is 0 Å². The molecule has 184 valence electrons. The van der Waals surface area contributed by atoms with Gasteiger partial charge in [0.2, 0.25) is 5.91 Å². The lowest BCUT2D eigenvalue weighted by Gasteiger charge is -2.33. The van der Waals surface area contributed by atoms with E-state index in [0.29, 0.717) is 24.1 Å². The molecule has 4 rings (SSSR count). The van der Waals surface area contributed by atoms with Crippen LogP contribution in [0.3, 0.4) is 0 Å². The molecule has 3 heterocycles. The van der Waals surface area contributed by atoms with Crippen molar-refractivity contribution < 1.29 is 35.9 Å². The van der Waals surface area contributed by atoms with Crippen LogP contribution in [-0.2, 0) is 23.9 Å². The molecule has 2 aliphatic rings. The van der Waals surface area contributed by atoms with Crippen molar-refractivity contribution in [1.29, 1.82) is 0 Å². The van der Waals surface area contributed by atoms with Crippen LogP contribution in [0, 0.1) is 0 Å². The summed E-state index contributed by atoms with van der Waals surface area (Å²) in [5, 5.41) is 6.77. The van der Waals surface area contributed by atoms with Crippen LogP contribution in [0.15, 0.2) is 24.3 Å². The molecule has 1 aromatic heterocycles. The van der Waals surface area contributed by atoms with E-state index in [2.05, 4.69) is 10.2 Å². The Morgan fingerprint density at radius 3 is 2.32 bits per heavy atom. The van der Waals surface area contributed by atoms with Gasteiger partial charge in [0.05, 0.1) is 5.56 Å². The average Bonchev–Trinajstić information content (AvgIpc) is 3.20. The topological polar surface area (TPSA) is 69.3 Å². The number of piperidine rings is 1. The number of likely N-dealkylation sites (tertiary alicyclic amines) is 1. The first-order chi connectivity index (χ1) is 15.9. The first-order valence-corrected chi connectivity index (χ1v) is 10.8. The number of aromatic amines is 1. The number of rotatable bonds is 3. The molecule has 1 N–H and O–H groups in total. The van der Waals surface area contributed by atoms with Crippen LogP contribution in [0.4, 0.5) is 26.3 Å². The molecule has 6 nitrogen and oxygen atoms in total. The van der Waals surface area contributed by atoms with Gasteiger partial charge >= 0.3 is 12.4 Å². The lowest BCUT2D eigenvalue weighted by molar-refractivity contribution is -0.162. The van der Waals surface area contributed by atoms with Crippen LogP contribution >= 0.6 is 0 Å². The zero-order chi connectivity index (χ0) is 24.7. The highest BCUT2D eigenvalue weighted by atomic mass is 19.4. The van der Waals surface area contributed by atoms with Gasteiger partial charge < -0.3 is 9.80 Å². The lowest BCUT2D eigenvalue weighted by atomic mass is 9.86. The van der Waals surface area contributed by atoms with E-state index < -0.39 is 36.2 Å². The summed E-state index contributed by atoms with van der Waals surface area (Å²) < 4.78 is 77.9. The molecule has 1 fully saturated rings. The predicted molar refractivity (Wildman–Crippen MR) is 108 cm³/mol. The Labute approximate surface area is 190 Å². The fraction of sp³-hybridized carbons (Fsp3) is 0.500. The second-order valence-electron chi connectivity index (χ2n) is 8.54. The summed E-state index contributed by atoms with van der Waals surface area (Å²) in [7, 11) is 0. The Bertz CT molecular complexity index is 1070. The van der Waals surface area contributed by atoms with E-state index >= 15 is 0 Å². The van der Waals surface area contributed by atoms with E-state index in [-0.39, 0.29) is 49.8 Å². The van der Waals surface area contributed by atoms with Gasteiger partial charge in [-0.25, -0.2) is 0 Å². The molecule has 1 aromatic carbocycles. The fourth-order valence-electron chi connectivity index (χ4n) is 4.62. The number of alkyl halides is 6. The van der Waals surface area contributed by atoms with Crippen molar-refractivity contribution in [1.82, 2.24) is 20.0 Å². The van der Waals surface area contributed by atoms with E-state index in [1.54, 1.807) is 6.07 Å². The molecule has 0 atom stereocenters. The number of carbonyl (C=O) groups excluding carboxylic acids is 2. The van der Waals surface area contributed by atoms with Crippen LogP contribution in [0.5, 0.6) is 0 Å². The summed E-state index contributed by atoms with van der Waals surface area (Å²) in [5.41, 5.74) is 0.543. The number of hydrogen-bond acceptors (Lipinski definition) is 3. The summed E-state index contributed by atoms with van der Waals surface area (Å²) >= 11 is 0. The molecule has 0 bridgehead atoms. The van der Waals surface area contributed by atoms with E-state index in [0.717, 1.165) is 11.0 Å². The molecule has 0 radical (unpaired) electrons. The number of amides is 2. The molecule has 0 spiro atoms. The van der Waals surface area contributed by atoms with Crippen LogP contribution in [-0.4, -0.2) is 57.6 Å². The number of halogens is 6. The van der Waals surface area contributed by atoms with Gasteiger partial charge in [-0.2, -0.15) is 31.4 Å². The van der Waals surface area contributed by atoms with Gasteiger partial charge in [0.1, 0.15) is 6.42 Å². The molecule has 0 aliphatic carbocycles. The molecule has 12 heteroatoms. The van der Waals surface area contributed by atoms with E-state index in [1.807, 2.05) is 0 Å². The third-order valence-corrected chi connectivity index (χ3v) is 6.33. The van der Waals surface area contributed by atoms with Gasteiger partial charge in [-0.1, -0.05) is 18.2 Å². The average molecular weight is 488 g/mol. The minimum absolute atomic E-state index is 0.0358. The second kappa shape index (κ2) is 8.95. The maximum atomic E-state index is 13.4. The molecule has 2 amide bonds. The van der Waals surface area contributed by atoms with Gasteiger partial charge in [0.15, 0.2) is 5.69 Å². The van der Waals surface area contributed by atoms with Crippen molar-refractivity contribution in [2.45, 2.75) is 50.5 Å². The number of hydrogen-bond donors (Lipinski definition) is 1. The second-order valence-corrected chi connectivity index (χ2v) is 8.54. The third kappa shape index (κ3) is 5.05. The van der Waals surface area contributed by atoms with E-state index in [9.17, 15) is 35.9 Å². The van der Waals surface area contributed by atoms with Crippen molar-refractivity contribution in [2.75, 3.05) is 19.6 Å². The van der Waals surface area contributed by atoms with Crippen molar-refractivity contribution >= 4 is 11.8 Å². The maximum absolute atomic E-state index is 13.4. The highest BCUT2D eigenvalue weighted by Crippen LogP contribution is 2.39. The molecular weight excluding hydrogens is 466 g/mol. The predicted octanol–water partition coefficient (Wildman–Crippen LogP) is 4.29. The first kappa shape index (κ1) is 24.1. The van der Waals surface area contributed by atoms with Gasteiger partial charge in [0.25, 0.3) is 5.91 Å². The Morgan fingerprint density at radius 1 is 1.00 bits per heavy atom. The van der Waals surface area contributed by atoms with E-state index in [1.165, 1.54) is 17.0 Å². The maximum Gasteiger partial charge on any atom is 0.416 e. The SMILES string of the molecule is O=C(CC(F)(F)F)N1CCc2[nH]nc(C(=O)N3CCC(c4ccccc4C(F)(F)F)CC3)c2C1. The monoisotopic (exact) mass is 488 g/mol. The van der Waals surface area contributed by atoms with Gasteiger partial charge in [-0.3, -0.25) is 14.7 Å². The van der Waals surface area contributed by atoms with Gasteiger partial charge in [0, 0.05) is 43.9 Å². The Morgan fingerprint density at radius 2 is 1.68 bits per heavy atom. The highest BCUT2D eigenvalue weighted by Gasteiger charge is 2.38. The zero-order valence-electron chi connectivity index (χ0n) is 18.0. The van der Waals surface area contributed by atoms with Crippen molar-refractivity contribution in [3.05, 3.63) is 52.3 Å². The molecule has 0 unspecified atom stereocenters. The van der Waals surface area contributed by atoms with Crippen LogP contribution in [0.1, 0.15) is 58.1 Å². The standard InChI is InChI=1S/C22H22F6N4O2/c23-21(24,25)11-18(33)32-10-7-17-15(12-32)19(30-29-17)20(34)31-8-5-13(6-9-31)14-3-1-2-4-16(14)22(26,27)28/h1-4,13H,5-12H2,(H,29,30). The molecule has 2 aliphatic heterocycles. The highest BCUT2D eigenvalue weighted by molar-refractivity contribution is 5.94. The normalized spacial score (nSPS) is 17.6. The quantitative estimate of drug-likeness (QED) is 0.656. The smallest absolute Gasteiger partial charge is 0.338 e. The number of H-pyrrole nitrogens is 1. The van der Waals surface area contributed by atoms with Crippen LogP contribution in [0.2, 0.25) is 0 Å². The number of nitrogens with one attached hydrogen (secondary N) is 1. The summed E-state index contributed by atoms with van der Waals surface area (Å²) in [5.74, 6) is -1.88. The Balaban J connectivity index is 1.44. The molecule has 0 saturated carbocycles. The summed E-state index contributed by atoms with van der Waals surface area (Å²) in [6, 6.07) is 5.41. The van der Waals surface area contributed by atoms with Crippen molar-refractivity contribution in [3.8, 4) is 0 Å².